The standard InChI is InChI=1S/C18H24/c1-16-8-14-9-17(2,11-16)13-18(10-14,12-16)15-6-4-3-5-7-15/h3-7,14H,8-13H2,1-2H3. The molecule has 1 aromatic carbocycles. The molecule has 0 aliphatic heterocycles. The predicted octanol–water partition coefficient (Wildman–Crippen LogP) is 4.93. The number of hydrogen-bond donors (Lipinski definition) is 0. The highest BCUT2D eigenvalue weighted by Gasteiger charge is 2.60. The van der Waals surface area contributed by atoms with Crippen LogP contribution in [0.25, 0.3) is 0 Å². The second kappa shape index (κ2) is 3.21. The van der Waals surface area contributed by atoms with Gasteiger partial charge in [-0.3, -0.25) is 0 Å². The molecule has 4 aliphatic rings. The summed E-state index contributed by atoms with van der Waals surface area (Å²) in [6.07, 6.45) is 8.81. The van der Waals surface area contributed by atoms with Gasteiger partial charge in [0.25, 0.3) is 0 Å². The first-order valence-electron chi connectivity index (χ1n) is 7.57. The van der Waals surface area contributed by atoms with Gasteiger partial charge in [-0.2, -0.15) is 0 Å². The van der Waals surface area contributed by atoms with Crippen molar-refractivity contribution in [2.45, 2.75) is 57.8 Å². The minimum Gasteiger partial charge on any atom is -0.0622 e. The van der Waals surface area contributed by atoms with E-state index in [2.05, 4.69) is 44.2 Å². The van der Waals surface area contributed by atoms with E-state index in [1.807, 2.05) is 0 Å². The second-order valence-electron chi connectivity index (χ2n) is 8.28. The van der Waals surface area contributed by atoms with Crippen molar-refractivity contribution in [1.82, 2.24) is 0 Å². The van der Waals surface area contributed by atoms with E-state index < -0.39 is 0 Å². The first-order chi connectivity index (χ1) is 8.51. The Kier molecular flexibility index (Phi) is 1.98. The van der Waals surface area contributed by atoms with E-state index in [-0.39, 0.29) is 0 Å². The summed E-state index contributed by atoms with van der Waals surface area (Å²) in [6.45, 7) is 5.13. The quantitative estimate of drug-likeness (QED) is 0.652. The molecule has 0 radical (unpaired) electrons. The maximum Gasteiger partial charge on any atom is -0.00340 e. The maximum atomic E-state index is 2.56. The fourth-order valence-corrected chi connectivity index (χ4v) is 6.56. The average molecular weight is 240 g/mol. The van der Waals surface area contributed by atoms with Crippen molar-refractivity contribution in [2.75, 3.05) is 0 Å². The first-order valence-corrected chi connectivity index (χ1v) is 7.57. The van der Waals surface area contributed by atoms with E-state index >= 15 is 0 Å². The lowest BCUT2D eigenvalue weighted by Crippen LogP contribution is -2.56. The van der Waals surface area contributed by atoms with Gasteiger partial charge < -0.3 is 0 Å². The van der Waals surface area contributed by atoms with Gasteiger partial charge in [-0.05, 0) is 66.3 Å². The summed E-state index contributed by atoms with van der Waals surface area (Å²) >= 11 is 0. The van der Waals surface area contributed by atoms with Crippen molar-refractivity contribution in [3.63, 3.8) is 0 Å². The van der Waals surface area contributed by atoms with E-state index in [1.165, 1.54) is 38.5 Å². The third kappa shape index (κ3) is 1.44. The maximum absolute atomic E-state index is 2.56. The molecule has 4 saturated carbocycles. The van der Waals surface area contributed by atoms with Crippen LogP contribution in [0.5, 0.6) is 0 Å². The smallest absolute Gasteiger partial charge is 0.00340 e. The zero-order valence-corrected chi connectivity index (χ0v) is 11.7. The minimum atomic E-state index is 0.518. The molecule has 0 spiro atoms. The third-order valence-electron chi connectivity index (χ3n) is 6.01. The monoisotopic (exact) mass is 240 g/mol. The van der Waals surface area contributed by atoms with Gasteiger partial charge in [0.15, 0.2) is 0 Å². The first kappa shape index (κ1) is 11.1. The van der Waals surface area contributed by atoms with E-state index in [0.717, 1.165) is 5.92 Å². The fourth-order valence-electron chi connectivity index (χ4n) is 6.56. The molecular weight excluding hydrogens is 216 g/mol. The topological polar surface area (TPSA) is 0 Å². The van der Waals surface area contributed by atoms with Gasteiger partial charge in [0.1, 0.15) is 0 Å². The fraction of sp³-hybridized carbons (Fsp3) is 0.667. The van der Waals surface area contributed by atoms with Crippen LogP contribution in [-0.4, -0.2) is 0 Å². The van der Waals surface area contributed by atoms with E-state index in [0.29, 0.717) is 16.2 Å². The van der Waals surface area contributed by atoms with Crippen molar-refractivity contribution >= 4 is 0 Å². The Morgan fingerprint density at radius 2 is 1.44 bits per heavy atom. The molecule has 2 atom stereocenters. The van der Waals surface area contributed by atoms with Crippen molar-refractivity contribution in [3.8, 4) is 0 Å². The summed E-state index contributed by atoms with van der Waals surface area (Å²) in [7, 11) is 0. The van der Waals surface area contributed by atoms with Crippen LogP contribution in [0.1, 0.15) is 57.9 Å². The van der Waals surface area contributed by atoms with Gasteiger partial charge in [-0.15, -0.1) is 0 Å². The predicted molar refractivity (Wildman–Crippen MR) is 75.5 cm³/mol. The van der Waals surface area contributed by atoms with Gasteiger partial charge in [-0.1, -0.05) is 44.2 Å². The van der Waals surface area contributed by atoms with Crippen molar-refractivity contribution < 1.29 is 0 Å². The molecule has 0 heteroatoms. The van der Waals surface area contributed by atoms with E-state index in [9.17, 15) is 0 Å². The van der Waals surface area contributed by atoms with Crippen LogP contribution < -0.4 is 0 Å². The molecule has 4 aliphatic carbocycles. The van der Waals surface area contributed by atoms with Gasteiger partial charge in [0.05, 0.1) is 0 Å². The number of hydrogen-bond acceptors (Lipinski definition) is 0. The Labute approximate surface area is 111 Å². The van der Waals surface area contributed by atoms with Crippen molar-refractivity contribution in [2.24, 2.45) is 16.7 Å². The third-order valence-corrected chi connectivity index (χ3v) is 6.01. The molecule has 1 aromatic rings. The molecule has 0 nitrogen and oxygen atoms in total. The molecule has 0 amide bonds. The lowest BCUT2D eigenvalue weighted by molar-refractivity contribution is -0.110. The van der Waals surface area contributed by atoms with Gasteiger partial charge in [0, 0.05) is 0 Å². The lowest BCUT2D eigenvalue weighted by atomic mass is 9.39. The molecule has 2 unspecified atom stereocenters. The molecule has 0 aromatic heterocycles. The Hall–Kier alpha value is -0.780. The highest BCUT2D eigenvalue weighted by Crippen LogP contribution is 2.69. The minimum absolute atomic E-state index is 0.518. The van der Waals surface area contributed by atoms with Crippen LogP contribution in [0.3, 0.4) is 0 Å². The SMILES string of the molecule is CC12CC3CC(C)(C1)CC(c1ccccc1)(C3)C2. The summed E-state index contributed by atoms with van der Waals surface area (Å²) in [6, 6.07) is 11.4. The molecular formula is C18H24. The molecule has 0 N–H and O–H groups in total. The van der Waals surface area contributed by atoms with Crippen LogP contribution >= 0.6 is 0 Å². The summed E-state index contributed by atoms with van der Waals surface area (Å²) < 4.78 is 0. The van der Waals surface area contributed by atoms with Gasteiger partial charge >= 0.3 is 0 Å². The Bertz CT molecular complexity index is 454. The Morgan fingerprint density at radius 3 is 2.00 bits per heavy atom. The summed E-state index contributed by atoms with van der Waals surface area (Å²) in [5, 5.41) is 0. The lowest BCUT2D eigenvalue weighted by Gasteiger charge is -2.65. The summed E-state index contributed by atoms with van der Waals surface area (Å²) in [5.74, 6) is 0.997. The summed E-state index contributed by atoms with van der Waals surface area (Å²) in [5.41, 5.74) is 3.41. The zero-order valence-electron chi connectivity index (χ0n) is 11.7. The van der Waals surface area contributed by atoms with Crippen LogP contribution in [0.15, 0.2) is 30.3 Å². The highest BCUT2D eigenvalue weighted by molar-refractivity contribution is 5.31. The number of benzene rings is 1. The molecule has 18 heavy (non-hydrogen) atoms. The van der Waals surface area contributed by atoms with Crippen LogP contribution in [-0.2, 0) is 5.41 Å². The Morgan fingerprint density at radius 1 is 0.833 bits per heavy atom. The largest absolute Gasteiger partial charge is 0.0622 e. The molecule has 4 fully saturated rings. The molecule has 96 valence electrons. The van der Waals surface area contributed by atoms with Crippen molar-refractivity contribution in [1.29, 1.82) is 0 Å². The Balaban J connectivity index is 1.83. The van der Waals surface area contributed by atoms with Gasteiger partial charge in [0.2, 0.25) is 0 Å². The van der Waals surface area contributed by atoms with E-state index in [4.69, 9.17) is 0 Å². The van der Waals surface area contributed by atoms with Crippen molar-refractivity contribution in [3.05, 3.63) is 35.9 Å². The zero-order chi connectivity index (χ0) is 12.4. The normalized spacial score (nSPS) is 49.6. The van der Waals surface area contributed by atoms with Crippen LogP contribution in [0, 0.1) is 16.7 Å². The molecule has 4 bridgehead atoms. The highest BCUT2D eigenvalue weighted by atomic mass is 14.6. The molecule has 0 heterocycles. The molecule has 5 rings (SSSR count). The summed E-state index contributed by atoms with van der Waals surface area (Å²) in [4.78, 5) is 0. The average Bonchev–Trinajstić information content (AvgIpc) is 2.25. The van der Waals surface area contributed by atoms with Crippen LogP contribution in [0.2, 0.25) is 0 Å². The molecule has 0 saturated heterocycles. The van der Waals surface area contributed by atoms with Gasteiger partial charge in [-0.25, -0.2) is 0 Å². The van der Waals surface area contributed by atoms with Crippen LogP contribution in [0.4, 0.5) is 0 Å². The number of rotatable bonds is 1. The van der Waals surface area contributed by atoms with E-state index in [1.54, 1.807) is 5.56 Å². The second-order valence-corrected chi connectivity index (χ2v) is 8.28.